The molecular formula is C7H10ClN3O3. The summed E-state index contributed by atoms with van der Waals surface area (Å²) in [5.41, 5.74) is 0.106. The lowest BCUT2D eigenvalue weighted by Crippen LogP contribution is -2.17. The molecule has 0 amide bonds. The van der Waals surface area contributed by atoms with Crippen molar-refractivity contribution in [3.05, 3.63) is 11.9 Å². The van der Waals surface area contributed by atoms with Crippen molar-refractivity contribution in [1.29, 1.82) is 0 Å². The molecule has 1 aromatic heterocycles. The predicted octanol–water partition coefficient (Wildman–Crippen LogP) is -0.336. The van der Waals surface area contributed by atoms with Crippen LogP contribution in [0.5, 0.6) is 0 Å². The third-order valence-corrected chi connectivity index (χ3v) is 1.87. The van der Waals surface area contributed by atoms with Gasteiger partial charge in [-0.3, -0.25) is 0 Å². The highest BCUT2D eigenvalue weighted by Crippen LogP contribution is 1.98. The highest BCUT2D eigenvalue weighted by molar-refractivity contribution is 6.18. The van der Waals surface area contributed by atoms with Crippen LogP contribution in [0.15, 0.2) is 6.20 Å². The number of aliphatic hydroxyl groups is 1. The first-order chi connectivity index (χ1) is 6.67. The number of halogens is 1. The average Bonchev–Trinajstić information content (AvgIpc) is 2.65. The van der Waals surface area contributed by atoms with Gasteiger partial charge in [0.2, 0.25) is 0 Å². The Labute approximate surface area is 85.4 Å². The van der Waals surface area contributed by atoms with Crippen LogP contribution in [0.2, 0.25) is 0 Å². The van der Waals surface area contributed by atoms with E-state index in [0.717, 1.165) is 0 Å². The maximum absolute atomic E-state index is 11.0. The van der Waals surface area contributed by atoms with Crippen LogP contribution in [0.1, 0.15) is 10.5 Å². The number of aliphatic hydroxyl groups excluding tert-OH is 1. The summed E-state index contributed by atoms with van der Waals surface area (Å²) in [6.07, 6.45) is 0.686. The minimum atomic E-state index is -0.705. The zero-order valence-electron chi connectivity index (χ0n) is 7.55. The normalized spacial score (nSPS) is 12.5. The molecule has 7 heteroatoms. The summed E-state index contributed by atoms with van der Waals surface area (Å²) in [4.78, 5) is 11.0. The number of esters is 1. The van der Waals surface area contributed by atoms with Gasteiger partial charge < -0.3 is 9.84 Å². The Bertz CT molecular complexity index is 315. The molecule has 0 spiro atoms. The molecule has 1 unspecified atom stereocenters. The van der Waals surface area contributed by atoms with Crippen molar-refractivity contribution in [2.75, 3.05) is 13.0 Å². The van der Waals surface area contributed by atoms with E-state index in [4.69, 9.17) is 11.6 Å². The summed E-state index contributed by atoms with van der Waals surface area (Å²) in [7, 11) is 1.26. The summed E-state index contributed by atoms with van der Waals surface area (Å²) < 4.78 is 5.77. The molecule has 1 heterocycles. The summed E-state index contributed by atoms with van der Waals surface area (Å²) >= 11 is 5.40. The number of aromatic nitrogens is 3. The molecule has 0 aliphatic rings. The number of alkyl halides is 1. The molecule has 1 N–H and O–H groups in total. The number of hydrogen-bond acceptors (Lipinski definition) is 5. The van der Waals surface area contributed by atoms with Crippen LogP contribution in [0, 0.1) is 0 Å². The van der Waals surface area contributed by atoms with Gasteiger partial charge in [-0.2, -0.15) is 0 Å². The van der Waals surface area contributed by atoms with E-state index in [0.29, 0.717) is 0 Å². The Morgan fingerprint density at radius 1 is 1.86 bits per heavy atom. The van der Waals surface area contributed by atoms with Crippen LogP contribution in [-0.2, 0) is 11.3 Å². The minimum absolute atomic E-state index is 0.105. The molecule has 0 aliphatic carbocycles. The molecule has 0 fully saturated rings. The van der Waals surface area contributed by atoms with Gasteiger partial charge in [0.05, 0.1) is 31.8 Å². The number of rotatable bonds is 4. The Hall–Kier alpha value is -1.14. The Balaban J connectivity index is 2.63. The molecule has 1 rings (SSSR count). The number of methoxy groups -OCH3 is 1. The zero-order valence-corrected chi connectivity index (χ0v) is 8.31. The third kappa shape index (κ3) is 2.68. The smallest absolute Gasteiger partial charge is 0.360 e. The summed E-state index contributed by atoms with van der Waals surface area (Å²) in [6.45, 7) is 0.202. The molecule has 1 aromatic rings. The van der Waals surface area contributed by atoms with Gasteiger partial charge in [0, 0.05) is 0 Å². The fourth-order valence-electron chi connectivity index (χ4n) is 0.850. The topological polar surface area (TPSA) is 77.2 Å². The van der Waals surface area contributed by atoms with Gasteiger partial charge >= 0.3 is 5.97 Å². The van der Waals surface area contributed by atoms with Crippen molar-refractivity contribution in [3.63, 3.8) is 0 Å². The van der Waals surface area contributed by atoms with Gasteiger partial charge in [0.1, 0.15) is 0 Å². The first-order valence-corrected chi connectivity index (χ1v) is 4.43. The first kappa shape index (κ1) is 10.9. The van der Waals surface area contributed by atoms with E-state index in [2.05, 4.69) is 15.0 Å². The molecule has 0 bridgehead atoms. The molecule has 0 radical (unpaired) electrons. The number of carbonyl (C=O) groups is 1. The number of hydrogen-bond donors (Lipinski definition) is 1. The average molecular weight is 220 g/mol. The predicted molar refractivity (Wildman–Crippen MR) is 48.1 cm³/mol. The SMILES string of the molecule is COC(=O)c1cn(CC(O)CCl)nn1. The van der Waals surface area contributed by atoms with Crippen LogP contribution >= 0.6 is 11.6 Å². The van der Waals surface area contributed by atoms with Gasteiger partial charge in [-0.25, -0.2) is 9.48 Å². The Morgan fingerprint density at radius 3 is 3.14 bits per heavy atom. The molecule has 6 nitrogen and oxygen atoms in total. The second-order valence-corrected chi connectivity index (χ2v) is 2.93. The zero-order chi connectivity index (χ0) is 10.6. The quantitative estimate of drug-likeness (QED) is 0.554. The van der Waals surface area contributed by atoms with Crippen molar-refractivity contribution in [2.45, 2.75) is 12.6 Å². The lowest BCUT2D eigenvalue weighted by atomic mass is 10.4. The monoisotopic (exact) mass is 219 g/mol. The van der Waals surface area contributed by atoms with E-state index < -0.39 is 12.1 Å². The summed E-state index contributed by atoms with van der Waals surface area (Å²) in [6, 6.07) is 0. The van der Waals surface area contributed by atoms with Crippen molar-refractivity contribution in [1.82, 2.24) is 15.0 Å². The highest BCUT2D eigenvalue weighted by Gasteiger charge is 2.11. The highest BCUT2D eigenvalue weighted by atomic mass is 35.5. The van der Waals surface area contributed by atoms with Gasteiger partial charge in [-0.15, -0.1) is 16.7 Å². The molecule has 1 atom stereocenters. The number of carbonyl (C=O) groups excluding carboxylic acids is 1. The molecule has 0 aliphatic heterocycles. The molecular weight excluding hydrogens is 210 g/mol. The van der Waals surface area contributed by atoms with E-state index >= 15 is 0 Å². The molecule has 78 valence electrons. The van der Waals surface area contributed by atoms with Gasteiger partial charge in [-0.1, -0.05) is 5.21 Å². The fraction of sp³-hybridized carbons (Fsp3) is 0.571. The fourth-order valence-corrected chi connectivity index (χ4v) is 0.948. The van der Waals surface area contributed by atoms with E-state index in [9.17, 15) is 9.90 Å². The van der Waals surface area contributed by atoms with E-state index in [1.54, 1.807) is 0 Å². The van der Waals surface area contributed by atoms with Crippen molar-refractivity contribution >= 4 is 17.6 Å². The molecule has 14 heavy (non-hydrogen) atoms. The van der Waals surface area contributed by atoms with E-state index in [1.807, 2.05) is 0 Å². The van der Waals surface area contributed by atoms with Gasteiger partial charge in [-0.05, 0) is 0 Å². The molecule has 0 saturated heterocycles. The lowest BCUT2D eigenvalue weighted by molar-refractivity contribution is 0.0593. The van der Waals surface area contributed by atoms with Crippen LogP contribution in [0.3, 0.4) is 0 Å². The molecule has 0 aromatic carbocycles. The number of nitrogens with zero attached hydrogens (tertiary/aromatic N) is 3. The van der Waals surface area contributed by atoms with Crippen LogP contribution in [0.25, 0.3) is 0 Å². The second-order valence-electron chi connectivity index (χ2n) is 2.63. The summed E-state index contributed by atoms with van der Waals surface area (Å²) in [5, 5.41) is 16.4. The largest absolute Gasteiger partial charge is 0.464 e. The minimum Gasteiger partial charge on any atom is -0.464 e. The Morgan fingerprint density at radius 2 is 2.57 bits per heavy atom. The maximum Gasteiger partial charge on any atom is 0.360 e. The third-order valence-electron chi connectivity index (χ3n) is 1.51. The standard InChI is InChI=1S/C7H10ClN3O3/c1-14-7(13)6-4-11(10-9-6)3-5(12)2-8/h4-5,12H,2-3H2,1H3. The first-order valence-electron chi connectivity index (χ1n) is 3.90. The van der Waals surface area contributed by atoms with E-state index in [1.165, 1.54) is 18.0 Å². The maximum atomic E-state index is 11.0. The van der Waals surface area contributed by atoms with Crippen molar-refractivity contribution in [2.24, 2.45) is 0 Å². The summed E-state index contributed by atoms with van der Waals surface area (Å²) in [5.74, 6) is -0.454. The lowest BCUT2D eigenvalue weighted by Gasteiger charge is -2.04. The van der Waals surface area contributed by atoms with Crippen LogP contribution in [-0.4, -0.2) is 45.2 Å². The number of ether oxygens (including phenoxy) is 1. The van der Waals surface area contributed by atoms with Gasteiger partial charge in [0.15, 0.2) is 5.69 Å². The van der Waals surface area contributed by atoms with Crippen LogP contribution in [0.4, 0.5) is 0 Å². The van der Waals surface area contributed by atoms with Crippen molar-refractivity contribution < 1.29 is 14.6 Å². The van der Waals surface area contributed by atoms with Gasteiger partial charge in [0.25, 0.3) is 0 Å². The van der Waals surface area contributed by atoms with Crippen LogP contribution < -0.4 is 0 Å². The second kappa shape index (κ2) is 4.92. The molecule has 0 saturated carbocycles. The Kier molecular flexibility index (Phi) is 3.84. The van der Waals surface area contributed by atoms with Crippen molar-refractivity contribution in [3.8, 4) is 0 Å². The van der Waals surface area contributed by atoms with E-state index in [-0.39, 0.29) is 18.1 Å².